The summed E-state index contributed by atoms with van der Waals surface area (Å²) < 4.78 is 12.2. The minimum Gasteiger partial charge on any atom is -0.490 e. The number of nitrogens with one attached hydrogen (secondary N) is 2. The first-order valence-corrected chi connectivity index (χ1v) is 11.2. The van der Waals surface area contributed by atoms with Crippen LogP contribution < -0.4 is 20.2 Å². The molecule has 31 heavy (non-hydrogen) atoms. The third kappa shape index (κ3) is 7.23. The minimum atomic E-state index is -0.718. The molecule has 2 N–H and O–H groups in total. The monoisotopic (exact) mass is 537 g/mol. The summed E-state index contributed by atoms with van der Waals surface area (Å²) in [6.45, 7) is 8.58. The fourth-order valence-electron chi connectivity index (χ4n) is 2.80. The van der Waals surface area contributed by atoms with Crippen LogP contribution >= 0.6 is 22.6 Å². The summed E-state index contributed by atoms with van der Waals surface area (Å²) >= 11 is 2.18. The van der Waals surface area contributed by atoms with Gasteiger partial charge in [0.15, 0.2) is 11.5 Å². The molecule has 0 radical (unpaired) electrons. The van der Waals surface area contributed by atoms with Crippen molar-refractivity contribution in [2.75, 3.05) is 13.2 Å². The largest absolute Gasteiger partial charge is 0.490 e. The van der Waals surface area contributed by atoms with Crippen LogP contribution in [0.1, 0.15) is 43.6 Å². The highest BCUT2D eigenvalue weighted by Crippen LogP contribution is 2.33. The number of carbonyl (C=O) groups excluding carboxylic acids is 2. The van der Waals surface area contributed by atoms with E-state index in [0.717, 1.165) is 9.13 Å². The van der Waals surface area contributed by atoms with Crippen LogP contribution in [0.4, 0.5) is 0 Å². The zero-order valence-corrected chi connectivity index (χ0v) is 20.3. The van der Waals surface area contributed by atoms with E-state index in [0.29, 0.717) is 30.3 Å². The summed E-state index contributed by atoms with van der Waals surface area (Å²) in [6, 6.07) is 11.8. The summed E-state index contributed by atoms with van der Waals surface area (Å²) in [7, 11) is 0. The Kier molecular flexibility index (Phi) is 9.77. The highest BCUT2D eigenvalue weighted by molar-refractivity contribution is 14.1. The second kappa shape index (κ2) is 12.3. The molecule has 2 aromatic carbocycles. The maximum Gasteiger partial charge on any atom is 0.262 e. The number of amides is 2. The summed E-state index contributed by atoms with van der Waals surface area (Å²) in [5.41, 5.74) is 3.77. The van der Waals surface area contributed by atoms with Gasteiger partial charge in [-0.15, -0.1) is 0 Å². The topological polar surface area (TPSA) is 89.0 Å². The second-order valence-corrected chi connectivity index (χ2v) is 8.15. The standard InChI is InChI=1S/C23H28IN3O4/c1-5-30-19-13-16(12-18(24)21(19)31-6-2)14-25-27-23(29)20(15(3)4)26-22(28)17-10-8-7-9-11-17/h7-15,20H,5-6H2,1-4H3,(H,26,28)(H,27,29)/b25-14+. The molecular formula is C23H28IN3O4. The third-order valence-corrected chi connectivity index (χ3v) is 5.08. The molecule has 0 bridgehead atoms. The van der Waals surface area contributed by atoms with E-state index in [4.69, 9.17) is 9.47 Å². The van der Waals surface area contributed by atoms with Gasteiger partial charge in [0.25, 0.3) is 11.8 Å². The molecule has 0 saturated carbocycles. The number of benzene rings is 2. The van der Waals surface area contributed by atoms with Gasteiger partial charge >= 0.3 is 0 Å². The van der Waals surface area contributed by atoms with E-state index in [1.165, 1.54) is 6.21 Å². The number of hydrogen-bond donors (Lipinski definition) is 2. The molecule has 0 fully saturated rings. The lowest BCUT2D eigenvalue weighted by Crippen LogP contribution is -2.48. The molecule has 1 unspecified atom stereocenters. The first-order valence-electron chi connectivity index (χ1n) is 10.1. The second-order valence-electron chi connectivity index (χ2n) is 6.99. The van der Waals surface area contributed by atoms with Gasteiger partial charge in [-0.2, -0.15) is 5.10 Å². The zero-order valence-electron chi connectivity index (χ0n) is 18.1. The molecular weight excluding hydrogens is 509 g/mol. The Balaban J connectivity index is 2.09. The number of carbonyl (C=O) groups is 2. The normalized spacial score (nSPS) is 11.9. The molecule has 0 aliphatic carbocycles. The van der Waals surface area contributed by atoms with E-state index < -0.39 is 6.04 Å². The van der Waals surface area contributed by atoms with Gasteiger partial charge in [-0.25, -0.2) is 5.43 Å². The first kappa shape index (κ1) is 24.6. The molecule has 2 amide bonds. The Morgan fingerprint density at radius 3 is 2.39 bits per heavy atom. The molecule has 0 saturated heterocycles. The predicted molar refractivity (Wildman–Crippen MR) is 130 cm³/mol. The summed E-state index contributed by atoms with van der Waals surface area (Å²) in [6.07, 6.45) is 1.54. The van der Waals surface area contributed by atoms with Gasteiger partial charge in [-0.1, -0.05) is 32.0 Å². The Bertz CT molecular complexity index is 917. The average Bonchev–Trinajstić information content (AvgIpc) is 2.74. The number of rotatable bonds is 10. The average molecular weight is 537 g/mol. The minimum absolute atomic E-state index is 0.112. The fraction of sp³-hybridized carbons (Fsp3) is 0.348. The van der Waals surface area contributed by atoms with Crippen LogP contribution in [0.15, 0.2) is 47.6 Å². The van der Waals surface area contributed by atoms with Gasteiger partial charge in [-0.3, -0.25) is 9.59 Å². The van der Waals surface area contributed by atoms with Gasteiger partial charge in [0.05, 0.1) is 23.0 Å². The van der Waals surface area contributed by atoms with Crippen LogP contribution in [0, 0.1) is 9.49 Å². The van der Waals surface area contributed by atoms with Gasteiger partial charge in [0, 0.05) is 5.56 Å². The number of nitrogens with zero attached hydrogens (tertiary/aromatic N) is 1. The fourth-order valence-corrected chi connectivity index (χ4v) is 3.58. The Labute approximate surface area is 196 Å². The number of ether oxygens (including phenoxy) is 2. The van der Waals surface area contributed by atoms with Crippen molar-refractivity contribution in [2.45, 2.75) is 33.7 Å². The molecule has 0 aliphatic heterocycles. The van der Waals surface area contributed by atoms with Crippen LogP contribution in [-0.4, -0.2) is 37.3 Å². The lowest BCUT2D eigenvalue weighted by Gasteiger charge is -2.20. The van der Waals surface area contributed by atoms with Crippen molar-refractivity contribution in [1.29, 1.82) is 0 Å². The molecule has 1 atom stereocenters. The number of halogens is 1. The maximum absolute atomic E-state index is 12.6. The molecule has 2 rings (SSSR count). The van der Waals surface area contributed by atoms with Crippen LogP contribution in [0.25, 0.3) is 0 Å². The van der Waals surface area contributed by atoms with Crippen molar-refractivity contribution in [3.8, 4) is 11.5 Å². The summed E-state index contributed by atoms with van der Waals surface area (Å²) in [5.74, 6) is 0.509. The van der Waals surface area contributed by atoms with Crippen molar-refractivity contribution in [3.05, 3.63) is 57.2 Å². The molecule has 166 valence electrons. The number of hydrogen-bond acceptors (Lipinski definition) is 5. The third-order valence-electron chi connectivity index (χ3n) is 4.28. The Morgan fingerprint density at radius 2 is 1.77 bits per heavy atom. The molecule has 0 spiro atoms. The van der Waals surface area contributed by atoms with Crippen LogP contribution in [0.5, 0.6) is 11.5 Å². The lowest BCUT2D eigenvalue weighted by molar-refractivity contribution is -0.123. The van der Waals surface area contributed by atoms with Crippen molar-refractivity contribution in [2.24, 2.45) is 11.0 Å². The van der Waals surface area contributed by atoms with Crippen LogP contribution in [0.2, 0.25) is 0 Å². The van der Waals surface area contributed by atoms with E-state index in [9.17, 15) is 9.59 Å². The van der Waals surface area contributed by atoms with Gasteiger partial charge in [0.1, 0.15) is 6.04 Å². The van der Waals surface area contributed by atoms with E-state index >= 15 is 0 Å². The molecule has 8 heteroatoms. The molecule has 0 aromatic heterocycles. The predicted octanol–water partition coefficient (Wildman–Crippen LogP) is 3.99. The van der Waals surface area contributed by atoms with E-state index in [1.54, 1.807) is 24.3 Å². The summed E-state index contributed by atoms with van der Waals surface area (Å²) in [4.78, 5) is 25.1. The van der Waals surface area contributed by atoms with Crippen LogP contribution in [-0.2, 0) is 4.79 Å². The number of hydrazone groups is 1. The summed E-state index contributed by atoms with van der Waals surface area (Å²) in [5, 5.41) is 6.84. The highest BCUT2D eigenvalue weighted by atomic mass is 127. The molecule has 0 aliphatic rings. The van der Waals surface area contributed by atoms with Crippen molar-refractivity contribution < 1.29 is 19.1 Å². The van der Waals surface area contributed by atoms with E-state index in [1.807, 2.05) is 45.9 Å². The smallest absolute Gasteiger partial charge is 0.262 e. The zero-order chi connectivity index (χ0) is 22.8. The van der Waals surface area contributed by atoms with E-state index in [2.05, 4.69) is 38.4 Å². The SMILES string of the molecule is CCOc1cc(/C=N/NC(=O)C(NC(=O)c2ccccc2)C(C)C)cc(I)c1OCC. The quantitative estimate of drug-likeness (QED) is 0.273. The lowest BCUT2D eigenvalue weighted by atomic mass is 10.0. The van der Waals surface area contributed by atoms with Gasteiger partial charge < -0.3 is 14.8 Å². The molecule has 2 aromatic rings. The molecule has 7 nitrogen and oxygen atoms in total. The van der Waals surface area contributed by atoms with Crippen molar-refractivity contribution in [3.63, 3.8) is 0 Å². The Hall–Kier alpha value is -2.62. The first-order chi connectivity index (χ1) is 14.9. The van der Waals surface area contributed by atoms with Crippen molar-refractivity contribution in [1.82, 2.24) is 10.7 Å². The van der Waals surface area contributed by atoms with E-state index in [-0.39, 0.29) is 17.7 Å². The maximum atomic E-state index is 12.6. The van der Waals surface area contributed by atoms with Crippen molar-refractivity contribution >= 4 is 40.6 Å². The van der Waals surface area contributed by atoms with Gasteiger partial charge in [-0.05, 0) is 72.2 Å². The Morgan fingerprint density at radius 1 is 1.10 bits per heavy atom. The van der Waals surface area contributed by atoms with Gasteiger partial charge in [0.2, 0.25) is 0 Å². The highest BCUT2D eigenvalue weighted by Gasteiger charge is 2.24. The van der Waals surface area contributed by atoms with Crippen LogP contribution in [0.3, 0.4) is 0 Å². The molecule has 0 heterocycles.